The molecule has 0 bridgehead atoms. The molecule has 114 valence electrons. The number of hydrogen-bond acceptors (Lipinski definition) is 1. The summed E-state index contributed by atoms with van der Waals surface area (Å²) in [7, 11) is -0.446. The van der Waals surface area contributed by atoms with Crippen molar-refractivity contribution in [1.82, 2.24) is 0 Å². The lowest BCUT2D eigenvalue weighted by Gasteiger charge is -2.18. The van der Waals surface area contributed by atoms with E-state index in [4.69, 9.17) is 5.26 Å². The van der Waals surface area contributed by atoms with E-state index in [-0.39, 0.29) is 0 Å². The van der Waals surface area contributed by atoms with Crippen LogP contribution in [0.15, 0.2) is 91.0 Å². The Morgan fingerprint density at radius 1 is 0.652 bits per heavy atom. The van der Waals surface area contributed by atoms with Gasteiger partial charge in [0, 0.05) is 0 Å². The fourth-order valence-corrected chi connectivity index (χ4v) is 4.48. The van der Waals surface area contributed by atoms with Crippen LogP contribution in [-0.4, -0.2) is 5.33 Å². The molecule has 23 heavy (non-hydrogen) atoms. The summed E-state index contributed by atoms with van der Waals surface area (Å²) in [5.74, 6) is 0. The minimum atomic E-state index is -0.446. The molecule has 0 unspecified atom stereocenters. The van der Waals surface area contributed by atoms with Gasteiger partial charge in [-0.25, -0.2) is 0 Å². The molecule has 3 aromatic rings. The second kappa shape index (κ2) is 9.95. The largest absolute Gasteiger partial charge is 0.197 e. The van der Waals surface area contributed by atoms with Gasteiger partial charge in [-0.05, 0) is 23.8 Å². The highest BCUT2D eigenvalue weighted by atomic mass is 79.9. The van der Waals surface area contributed by atoms with Gasteiger partial charge in [0.2, 0.25) is 0 Å². The topological polar surface area (TPSA) is 23.8 Å². The van der Waals surface area contributed by atoms with Crippen LogP contribution >= 0.6 is 23.9 Å². The molecule has 0 aromatic heterocycles. The molecule has 0 aliphatic rings. The van der Waals surface area contributed by atoms with Crippen molar-refractivity contribution in [3.8, 4) is 6.07 Å². The van der Waals surface area contributed by atoms with Gasteiger partial charge in [-0.3, -0.25) is 0 Å². The fraction of sp³-hybridized carbons (Fsp3) is 0.0500. The van der Waals surface area contributed by atoms with Crippen LogP contribution in [0.1, 0.15) is 0 Å². The lowest BCUT2D eigenvalue weighted by Crippen LogP contribution is -2.20. The fourth-order valence-electron chi connectivity index (χ4n) is 2.18. The van der Waals surface area contributed by atoms with Gasteiger partial charge < -0.3 is 0 Å². The first-order valence-corrected chi connectivity index (χ1v) is 9.71. The van der Waals surface area contributed by atoms with E-state index in [2.05, 4.69) is 107 Å². The van der Waals surface area contributed by atoms with Crippen molar-refractivity contribution >= 4 is 39.8 Å². The quantitative estimate of drug-likeness (QED) is 0.488. The lowest BCUT2D eigenvalue weighted by molar-refractivity contribution is 1.50. The Balaban J connectivity index is 0.000000433. The molecular formula is C20H17BrNP. The average molecular weight is 382 g/mol. The van der Waals surface area contributed by atoms with Gasteiger partial charge in [-0.1, -0.05) is 107 Å². The van der Waals surface area contributed by atoms with Crippen LogP contribution in [-0.2, 0) is 0 Å². The van der Waals surface area contributed by atoms with Crippen LogP contribution in [0.4, 0.5) is 0 Å². The molecular weight excluding hydrogens is 365 g/mol. The summed E-state index contributed by atoms with van der Waals surface area (Å²) < 4.78 is 0. The minimum Gasteiger partial charge on any atom is -0.197 e. The zero-order valence-corrected chi connectivity index (χ0v) is 15.1. The van der Waals surface area contributed by atoms with Gasteiger partial charge in [-0.2, -0.15) is 5.26 Å². The highest BCUT2D eigenvalue weighted by Crippen LogP contribution is 2.32. The predicted octanol–water partition coefficient (Wildman–Crippen LogP) is 4.35. The van der Waals surface area contributed by atoms with Crippen molar-refractivity contribution < 1.29 is 0 Å². The van der Waals surface area contributed by atoms with E-state index in [9.17, 15) is 0 Å². The van der Waals surface area contributed by atoms with Gasteiger partial charge in [0.15, 0.2) is 0 Å². The Hall–Kier alpha value is -1.94. The number of hydrogen-bond donors (Lipinski definition) is 0. The smallest absolute Gasteiger partial charge is 0.0905 e. The first kappa shape index (κ1) is 17.4. The molecule has 3 rings (SSSR count). The first-order valence-electron chi connectivity index (χ1n) is 7.25. The Kier molecular flexibility index (Phi) is 7.54. The van der Waals surface area contributed by atoms with E-state index in [1.807, 2.05) is 6.07 Å². The summed E-state index contributed by atoms with van der Waals surface area (Å²) >= 11 is 2.89. The molecule has 0 atom stereocenters. The summed E-state index contributed by atoms with van der Waals surface area (Å²) in [6, 6.07) is 34.2. The van der Waals surface area contributed by atoms with Gasteiger partial charge in [0.25, 0.3) is 0 Å². The molecule has 0 N–H and O–H groups in total. The van der Waals surface area contributed by atoms with E-state index in [1.165, 1.54) is 15.9 Å². The molecule has 0 saturated carbocycles. The summed E-state index contributed by atoms with van der Waals surface area (Å²) in [6.45, 7) is 0. The van der Waals surface area contributed by atoms with Crippen molar-refractivity contribution in [2.45, 2.75) is 0 Å². The molecule has 0 spiro atoms. The minimum absolute atomic E-state index is 0.438. The molecule has 1 nitrogen and oxygen atoms in total. The highest BCUT2D eigenvalue weighted by Gasteiger charge is 2.14. The molecule has 3 heteroatoms. The molecule has 0 radical (unpaired) electrons. The Morgan fingerprint density at radius 3 is 1.13 bits per heavy atom. The third-order valence-corrected chi connectivity index (χ3v) is 5.80. The number of alkyl halides is 1. The summed E-state index contributed by atoms with van der Waals surface area (Å²) in [4.78, 5) is 0. The van der Waals surface area contributed by atoms with Crippen molar-refractivity contribution in [3.05, 3.63) is 91.0 Å². The molecule has 0 fully saturated rings. The average Bonchev–Trinajstić information content (AvgIpc) is 2.65. The molecule has 0 aliphatic heterocycles. The van der Waals surface area contributed by atoms with Crippen LogP contribution in [0.25, 0.3) is 0 Å². The summed E-state index contributed by atoms with van der Waals surface area (Å²) in [5.41, 5.74) is 0. The monoisotopic (exact) mass is 381 g/mol. The van der Waals surface area contributed by atoms with Gasteiger partial charge in [0.05, 0.1) is 11.4 Å². The number of nitrogens with zero attached hydrogens (tertiary/aromatic N) is 1. The Bertz CT molecular complexity index is 630. The predicted molar refractivity (Wildman–Crippen MR) is 105 cm³/mol. The zero-order chi connectivity index (χ0) is 16.3. The third kappa shape index (κ3) is 5.32. The molecule has 0 heterocycles. The van der Waals surface area contributed by atoms with E-state index in [0.717, 1.165) is 0 Å². The lowest BCUT2D eigenvalue weighted by atomic mass is 10.4. The third-order valence-electron chi connectivity index (χ3n) is 3.10. The van der Waals surface area contributed by atoms with E-state index < -0.39 is 7.92 Å². The molecule has 0 aliphatic carbocycles. The van der Waals surface area contributed by atoms with Crippen molar-refractivity contribution in [1.29, 1.82) is 5.26 Å². The highest BCUT2D eigenvalue weighted by molar-refractivity contribution is 9.09. The van der Waals surface area contributed by atoms with Gasteiger partial charge >= 0.3 is 0 Å². The number of nitriles is 1. The number of benzene rings is 3. The maximum Gasteiger partial charge on any atom is 0.0905 e. The Labute approximate surface area is 147 Å². The van der Waals surface area contributed by atoms with Crippen LogP contribution in [0.3, 0.4) is 0 Å². The second-order valence-electron chi connectivity index (χ2n) is 4.63. The van der Waals surface area contributed by atoms with Crippen LogP contribution in [0.2, 0.25) is 0 Å². The standard InChI is InChI=1S/C18H15P.C2H2BrN/c1-4-10-16(11-5-1)19(17-12-6-2-7-13-17)18-14-8-3-9-15-18;3-1-2-4/h1-15H;1H2. The second-order valence-corrected chi connectivity index (χ2v) is 7.41. The SMILES string of the molecule is N#CCBr.c1ccc(P(c2ccccc2)c2ccccc2)cc1. The van der Waals surface area contributed by atoms with Crippen molar-refractivity contribution in [3.63, 3.8) is 0 Å². The summed E-state index contributed by atoms with van der Waals surface area (Å²) in [5, 5.41) is 12.2. The van der Waals surface area contributed by atoms with Crippen LogP contribution < -0.4 is 15.9 Å². The van der Waals surface area contributed by atoms with Gasteiger partial charge in [-0.15, -0.1) is 0 Å². The van der Waals surface area contributed by atoms with E-state index in [0.29, 0.717) is 5.33 Å². The molecule has 3 aromatic carbocycles. The molecule has 0 amide bonds. The normalized spacial score (nSPS) is 9.61. The number of rotatable bonds is 3. The van der Waals surface area contributed by atoms with Gasteiger partial charge in [0.1, 0.15) is 0 Å². The van der Waals surface area contributed by atoms with Crippen molar-refractivity contribution in [2.75, 3.05) is 5.33 Å². The zero-order valence-electron chi connectivity index (χ0n) is 12.6. The summed E-state index contributed by atoms with van der Waals surface area (Å²) in [6.07, 6.45) is 0. The first-order chi connectivity index (χ1) is 11.4. The molecule has 0 saturated heterocycles. The maximum absolute atomic E-state index is 7.58. The van der Waals surface area contributed by atoms with Crippen LogP contribution in [0.5, 0.6) is 0 Å². The van der Waals surface area contributed by atoms with E-state index >= 15 is 0 Å². The Morgan fingerprint density at radius 2 is 0.913 bits per heavy atom. The number of halogens is 1. The van der Waals surface area contributed by atoms with Crippen molar-refractivity contribution in [2.24, 2.45) is 0 Å². The van der Waals surface area contributed by atoms with E-state index in [1.54, 1.807) is 0 Å². The maximum atomic E-state index is 7.58. The van der Waals surface area contributed by atoms with Crippen LogP contribution in [0, 0.1) is 11.3 Å².